The van der Waals surface area contributed by atoms with E-state index in [0.29, 0.717) is 36.5 Å². The van der Waals surface area contributed by atoms with E-state index in [1.165, 1.54) is 17.3 Å². The van der Waals surface area contributed by atoms with Gasteiger partial charge in [-0.05, 0) is 31.7 Å². The van der Waals surface area contributed by atoms with E-state index in [-0.39, 0.29) is 29.8 Å². The summed E-state index contributed by atoms with van der Waals surface area (Å²) in [5.41, 5.74) is 1.32. The van der Waals surface area contributed by atoms with Crippen molar-refractivity contribution < 1.29 is 9.59 Å². The van der Waals surface area contributed by atoms with Gasteiger partial charge in [-0.1, -0.05) is 60.6 Å². The predicted molar refractivity (Wildman–Crippen MR) is 153 cm³/mol. The van der Waals surface area contributed by atoms with Gasteiger partial charge in [-0.3, -0.25) is 9.69 Å². The number of hydrogen-bond donors (Lipinski definition) is 2. The van der Waals surface area contributed by atoms with Crippen molar-refractivity contribution in [2.45, 2.75) is 56.9 Å². The molecule has 0 bridgehead atoms. The van der Waals surface area contributed by atoms with Crippen LogP contribution in [0.5, 0.6) is 0 Å². The summed E-state index contributed by atoms with van der Waals surface area (Å²) in [4.78, 5) is 40.5. The third-order valence-corrected chi connectivity index (χ3v) is 7.97. The van der Waals surface area contributed by atoms with Gasteiger partial charge in [0.15, 0.2) is 5.16 Å². The highest BCUT2D eigenvalue weighted by molar-refractivity contribution is 7.99. The molecule has 9 nitrogen and oxygen atoms in total. The number of urea groups is 1. The number of hydrogen-bond acceptors (Lipinski definition) is 7. The normalized spacial score (nSPS) is 18.9. The van der Waals surface area contributed by atoms with E-state index in [2.05, 4.69) is 54.7 Å². The van der Waals surface area contributed by atoms with Crippen molar-refractivity contribution >= 4 is 41.1 Å². The number of aromatic nitrogens is 2. The number of thioether (sulfide) groups is 1. The van der Waals surface area contributed by atoms with Gasteiger partial charge in [0.1, 0.15) is 11.0 Å². The van der Waals surface area contributed by atoms with Crippen molar-refractivity contribution in [3.8, 4) is 0 Å². The first-order valence-corrected chi connectivity index (χ1v) is 14.8. The molecule has 3 amide bonds. The van der Waals surface area contributed by atoms with Crippen LogP contribution in [-0.4, -0.2) is 88.8 Å². The van der Waals surface area contributed by atoms with Gasteiger partial charge >= 0.3 is 6.03 Å². The molecule has 4 rings (SSSR count). The number of nitrogens with zero attached hydrogens (tertiary/aromatic N) is 5. The van der Waals surface area contributed by atoms with E-state index in [1.807, 2.05) is 24.8 Å². The minimum Gasteiger partial charge on any atom is -0.353 e. The molecule has 38 heavy (non-hydrogen) atoms. The summed E-state index contributed by atoms with van der Waals surface area (Å²) < 4.78 is 0. The topological polar surface area (TPSA) is 93.7 Å². The maximum Gasteiger partial charge on any atom is 0.317 e. The molecule has 2 fully saturated rings. The highest BCUT2D eigenvalue weighted by Crippen LogP contribution is 2.24. The summed E-state index contributed by atoms with van der Waals surface area (Å²) in [5, 5.41) is 6.95. The molecule has 3 heterocycles. The zero-order chi connectivity index (χ0) is 26.9. The van der Waals surface area contributed by atoms with Crippen molar-refractivity contribution in [1.82, 2.24) is 30.4 Å². The molecule has 1 aromatic heterocycles. The third-order valence-electron chi connectivity index (χ3n) is 6.93. The van der Waals surface area contributed by atoms with Crippen LogP contribution in [0, 0.1) is 0 Å². The number of anilines is 1. The number of amides is 3. The number of carbonyl (C=O) groups excluding carboxylic acids is 2. The number of benzene rings is 1. The Bertz CT molecular complexity index is 1070. The zero-order valence-corrected chi connectivity index (χ0v) is 23.8. The van der Waals surface area contributed by atoms with E-state index in [4.69, 9.17) is 11.6 Å². The third kappa shape index (κ3) is 8.22. The Balaban J connectivity index is 1.22. The van der Waals surface area contributed by atoms with Crippen molar-refractivity contribution in [1.29, 1.82) is 0 Å². The highest BCUT2D eigenvalue weighted by atomic mass is 35.5. The first-order chi connectivity index (χ1) is 18.4. The first-order valence-electron chi connectivity index (χ1n) is 13.4. The van der Waals surface area contributed by atoms with Crippen LogP contribution < -0.4 is 15.5 Å². The average Bonchev–Trinajstić information content (AvgIpc) is 2.92. The van der Waals surface area contributed by atoms with Gasteiger partial charge in [-0.2, -0.15) is 0 Å². The first kappa shape index (κ1) is 28.4. The van der Waals surface area contributed by atoms with Gasteiger partial charge in [0, 0.05) is 64.0 Å². The smallest absolute Gasteiger partial charge is 0.317 e. The van der Waals surface area contributed by atoms with E-state index in [1.54, 1.807) is 6.07 Å². The Morgan fingerprint density at radius 3 is 2.58 bits per heavy atom. The predicted octanol–water partition coefficient (Wildman–Crippen LogP) is 3.63. The van der Waals surface area contributed by atoms with Crippen LogP contribution in [0.2, 0.25) is 5.15 Å². The molecule has 2 saturated heterocycles. The zero-order valence-electron chi connectivity index (χ0n) is 22.2. The molecule has 2 N–H and O–H groups in total. The molecule has 0 radical (unpaired) electrons. The van der Waals surface area contributed by atoms with Crippen LogP contribution in [0.25, 0.3) is 0 Å². The molecule has 1 unspecified atom stereocenters. The number of rotatable bonds is 9. The van der Waals surface area contributed by atoms with E-state index in [0.717, 1.165) is 44.7 Å². The molecular formula is C27H38ClN7O2S. The van der Waals surface area contributed by atoms with Crippen LogP contribution in [0.3, 0.4) is 0 Å². The largest absolute Gasteiger partial charge is 0.353 e. The van der Waals surface area contributed by atoms with Crippen LogP contribution in [0.4, 0.5) is 10.6 Å². The molecule has 0 spiro atoms. The SMILES string of the molecule is CCCNC(=O)N1CCN(c2cc(Cl)nc(SCC(=O)NC3CCN(Cc4ccccc4)CC3)n2)CC1C. The van der Waals surface area contributed by atoms with Gasteiger partial charge < -0.3 is 20.4 Å². The Hall–Kier alpha value is -2.56. The van der Waals surface area contributed by atoms with Crippen molar-refractivity contribution in [2.75, 3.05) is 49.9 Å². The molecule has 206 valence electrons. The molecule has 0 aliphatic carbocycles. The minimum absolute atomic E-state index is 0.0121. The molecule has 2 aliphatic heterocycles. The quantitative estimate of drug-likeness (QED) is 0.275. The van der Waals surface area contributed by atoms with Gasteiger partial charge in [-0.25, -0.2) is 14.8 Å². The van der Waals surface area contributed by atoms with Crippen molar-refractivity contribution in [3.05, 3.63) is 47.1 Å². The second-order valence-corrected chi connectivity index (χ2v) is 11.3. The fourth-order valence-electron chi connectivity index (χ4n) is 4.89. The second-order valence-electron chi connectivity index (χ2n) is 9.94. The fourth-order valence-corrected chi connectivity index (χ4v) is 5.78. The Morgan fingerprint density at radius 1 is 1.11 bits per heavy atom. The van der Waals surface area contributed by atoms with Gasteiger partial charge in [0.05, 0.1) is 5.75 Å². The van der Waals surface area contributed by atoms with Gasteiger partial charge in [0.2, 0.25) is 5.91 Å². The van der Waals surface area contributed by atoms with E-state index >= 15 is 0 Å². The molecule has 0 saturated carbocycles. The summed E-state index contributed by atoms with van der Waals surface area (Å²) in [6.07, 6.45) is 2.80. The summed E-state index contributed by atoms with van der Waals surface area (Å²) in [6.45, 7) is 9.56. The number of carbonyl (C=O) groups is 2. The average molecular weight is 560 g/mol. The molecule has 2 aliphatic rings. The molecular weight excluding hydrogens is 522 g/mol. The maximum atomic E-state index is 12.7. The number of piperidine rings is 1. The van der Waals surface area contributed by atoms with Crippen LogP contribution >= 0.6 is 23.4 Å². The van der Waals surface area contributed by atoms with E-state index in [9.17, 15) is 9.59 Å². The summed E-state index contributed by atoms with van der Waals surface area (Å²) in [7, 11) is 0. The minimum atomic E-state index is -0.0242. The van der Waals surface area contributed by atoms with Crippen LogP contribution in [0.1, 0.15) is 38.7 Å². The monoisotopic (exact) mass is 559 g/mol. The van der Waals surface area contributed by atoms with Crippen molar-refractivity contribution in [3.63, 3.8) is 0 Å². The fraction of sp³-hybridized carbons (Fsp3) is 0.556. The van der Waals surface area contributed by atoms with Gasteiger partial charge in [-0.15, -0.1) is 0 Å². The number of piperazine rings is 1. The second kappa shape index (κ2) is 14.0. The lowest BCUT2D eigenvalue weighted by atomic mass is 10.0. The number of likely N-dealkylation sites (tertiary alicyclic amines) is 1. The Morgan fingerprint density at radius 2 is 1.87 bits per heavy atom. The van der Waals surface area contributed by atoms with Crippen molar-refractivity contribution in [2.24, 2.45) is 0 Å². The van der Waals surface area contributed by atoms with Crippen LogP contribution in [0.15, 0.2) is 41.6 Å². The van der Waals surface area contributed by atoms with E-state index < -0.39 is 0 Å². The lowest BCUT2D eigenvalue weighted by molar-refractivity contribution is -0.119. The highest BCUT2D eigenvalue weighted by Gasteiger charge is 2.28. The number of halogens is 1. The lowest BCUT2D eigenvalue weighted by Crippen LogP contribution is -2.56. The molecule has 2 aromatic rings. The summed E-state index contributed by atoms with van der Waals surface area (Å²) in [6, 6.07) is 12.4. The standard InChI is InChI=1S/C27H38ClN7O2S/c1-3-11-29-27(37)35-15-14-34(17-20(35)2)24-16-23(28)31-26(32-24)38-19-25(36)30-22-9-12-33(13-10-22)18-21-7-5-4-6-8-21/h4-8,16,20,22H,3,9-15,17-19H2,1-2H3,(H,29,37)(H,30,36). The molecule has 1 aromatic carbocycles. The summed E-state index contributed by atoms with van der Waals surface area (Å²) in [5.74, 6) is 0.951. The Labute approximate surface area is 234 Å². The summed E-state index contributed by atoms with van der Waals surface area (Å²) >= 11 is 7.61. The van der Waals surface area contributed by atoms with Crippen LogP contribution in [-0.2, 0) is 11.3 Å². The van der Waals surface area contributed by atoms with Gasteiger partial charge in [0.25, 0.3) is 0 Å². The Kier molecular flexibility index (Phi) is 10.5. The molecule has 11 heteroatoms. The number of nitrogens with one attached hydrogen (secondary N) is 2. The maximum absolute atomic E-state index is 12.7. The lowest BCUT2D eigenvalue weighted by Gasteiger charge is -2.40. The molecule has 1 atom stereocenters.